The van der Waals surface area contributed by atoms with Crippen molar-refractivity contribution >= 4 is 82.2 Å². The Kier molecular flexibility index (Phi) is 21.1. The summed E-state index contributed by atoms with van der Waals surface area (Å²) in [7, 11) is 2.73. The zero-order chi connectivity index (χ0) is 44.8. The molecule has 60 heavy (non-hydrogen) atoms. The average Bonchev–Trinajstić information content (AvgIpc) is 3.72. The maximum absolute atomic E-state index is 12.6. The lowest BCUT2D eigenvalue weighted by Gasteiger charge is -2.28. The van der Waals surface area contributed by atoms with Gasteiger partial charge in [-0.15, -0.1) is 0 Å². The highest BCUT2D eigenvalue weighted by Crippen LogP contribution is 2.08. The second-order valence-corrected chi connectivity index (χ2v) is 13.6. The molecule has 0 aromatic carbocycles. The van der Waals surface area contributed by atoms with Crippen molar-refractivity contribution in [2.45, 2.75) is 77.0 Å². The number of carbonyl (C=O) groups excluding carboxylic acids is 14. The predicted molar refractivity (Wildman–Crippen MR) is 205 cm³/mol. The molecule has 0 atom stereocenters. The monoisotopic (exact) mass is 842 g/mol. The van der Waals surface area contributed by atoms with Crippen LogP contribution in [-0.2, 0) is 67.1 Å². The van der Waals surface area contributed by atoms with Crippen LogP contribution in [0.1, 0.15) is 77.0 Å². The maximum Gasteiger partial charge on any atom is 0.253 e. The molecular formula is C38H50N8O14. The van der Waals surface area contributed by atoms with E-state index in [4.69, 9.17) is 0 Å². The summed E-state index contributed by atoms with van der Waals surface area (Å²) in [6.45, 7) is -1.63. The summed E-state index contributed by atoms with van der Waals surface area (Å²) in [6, 6.07) is 0. The Bertz CT molecular complexity index is 1640. The summed E-state index contributed by atoms with van der Waals surface area (Å²) in [5.41, 5.74) is 0. The second-order valence-electron chi connectivity index (χ2n) is 13.6. The molecule has 0 saturated heterocycles. The van der Waals surface area contributed by atoms with Gasteiger partial charge in [-0.3, -0.25) is 86.9 Å². The summed E-state index contributed by atoms with van der Waals surface area (Å²) in [5.74, 6) is -6.93. The number of amides is 10. The molecule has 22 nitrogen and oxygen atoms in total. The number of hydrazine groups is 1. The fraction of sp³-hybridized carbons (Fsp3) is 0.526. The number of ketones is 4. The lowest BCUT2D eigenvalue weighted by molar-refractivity contribution is -0.158. The molecule has 2 rings (SSSR count). The third-order valence-electron chi connectivity index (χ3n) is 8.98. The molecule has 0 aromatic rings. The molecule has 0 bridgehead atoms. The number of imide groups is 2. The number of Topliss-reactive ketones (excluding diaryl/α,β-unsaturated/α-hetero) is 4. The average molecular weight is 843 g/mol. The van der Waals surface area contributed by atoms with E-state index in [1.807, 2.05) is 0 Å². The van der Waals surface area contributed by atoms with E-state index in [-0.39, 0.29) is 128 Å². The number of nitrogens with zero attached hydrogens (tertiary/aromatic N) is 4. The molecular weight excluding hydrogens is 792 g/mol. The Labute approximate surface area is 344 Å². The van der Waals surface area contributed by atoms with Gasteiger partial charge in [0.2, 0.25) is 35.4 Å². The number of nitrogens with one attached hydrogen (secondary N) is 4. The van der Waals surface area contributed by atoms with Crippen molar-refractivity contribution in [3.05, 3.63) is 24.3 Å². The van der Waals surface area contributed by atoms with E-state index < -0.39 is 70.6 Å². The summed E-state index contributed by atoms with van der Waals surface area (Å²) >= 11 is 0. The zero-order valence-electron chi connectivity index (χ0n) is 33.5. The first-order valence-electron chi connectivity index (χ1n) is 19.1. The second kappa shape index (κ2) is 25.6. The van der Waals surface area contributed by atoms with Crippen LogP contribution in [0.5, 0.6) is 0 Å². The largest absolute Gasteiger partial charge is 0.349 e. The SMILES string of the molecule is CN(C(=O)CCCC(=O)CNC(=O)CCC(=O)CNC(=O)CCN1C(=O)C=CC1=O)N(C)C(=O)CCCC(=O)CNC(=O)CCC(=O)CNC(=O)CCN1C(=O)C=CC1=O. The van der Waals surface area contributed by atoms with Crippen LogP contribution in [0.3, 0.4) is 0 Å². The van der Waals surface area contributed by atoms with Crippen molar-refractivity contribution in [2.75, 3.05) is 53.4 Å². The molecule has 0 fully saturated rings. The quantitative estimate of drug-likeness (QED) is 0.0454. The predicted octanol–water partition coefficient (Wildman–Crippen LogP) is -2.91. The van der Waals surface area contributed by atoms with Gasteiger partial charge in [-0.05, 0) is 12.8 Å². The van der Waals surface area contributed by atoms with Gasteiger partial charge >= 0.3 is 0 Å². The van der Waals surface area contributed by atoms with Crippen LogP contribution in [0.15, 0.2) is 24.3 Å². The molecule has 0 unspecified atom stereocenters. The van der Waals surface area contributed by atoms with Crippen molar-refractivity contribution in [1.29, 1.82) is 0 Å². The first-order chi connectivity index (χ1) is 28.4. The van der Waals surface area contributed by atoms with E-state index in [2.05, 4.69) is 21.3 Å². The van der Waals surface area contributed by atoms with Gasteiger partial charge in [0.15, 0.2) is 23.1 Å². The number of carbonyl (C=O) groups is 14. The normalized spacial score (nSPS) is 13.0. The molecule has 2 heterocycles. The molecule has 0 aromatic heterocycles. The minimum Gasteiger partial charge on any atom is -0.349 e. The number of rotatable bonds is 28. The fourth-order valence-electron chi connectivity index (χ4n) is 5.26. The standard InChI is InChI=1S/C38H50N8O14/c1-43(33(55)7-3-5-25(47)21-39-29(51)11-9-27(49)23-41-31(53)17-19-45-35(57)13-14-36(45)58)44(2)34(56)8-4-6-26(48)22-40-30(52)12-10-28(50)24-42-32(54)18-20-46-37(59)15-16-38(46)60/h13-16H,3-12,17-24H2,1-2H3,(H,39,51)(H,40,52)(H,41,53)(H,42,54). The van der Waals surface area contributed by atoms with Crippen molar-refractivity contribution in [3.8, 4) is 0 Å². The van der Waals surface area contributed by atoms with E-state index in [0.29, 0.717) is 0 Å². The molecule has 0 saturated carbocycles. The third kappa shape index (κ3) is 18.7. The van der Waals surface area contributed by atoms with E-state index in [9.17, 15) is 67.1 Å². The molecule has 2 aliphatic heterocycles. The molecule has 0 spiro atoms. The summed E-state index contributed by atoms with van der Waals surface area (Å²) in [6.07, 6.45) is 3.10. The van der Waals surface area contributed by atoms with Gasteiger partial charge in [0.1, 0.15) is 0 Å². The first-order valence-corrected chi connectivity index (χ1v) is 19.1. The first kappa shape index (κ1) is 49.4. The molecule has 22 heteroatoms. The lowest BCUT2D eigenvalue weighted by Crippen LogP contribution is -2.44. The van der Waals surface area contributed by atoms with E-state index >= 15 is 0 Å². The van der Waals surface area contributed by atoms with E-state index in [1.54, 1.807) is 0 Å². The molecule has 2 aliphatic rings. The number of hydrogen-bond donors (Lipinski definition) is 4. The highest BCUT2D eigenvalue weighted by molar-refractivity contribution is 6.13. The summed E-state index contributed by atoms with van der Waals surface area (Å²) in [5, 5.41) is 11.6. The Hall–Kier alpha value is -6.74. The van der Waals surface area contributed by atoms with Gasteiger partial charge in [-0.2, -0.15) is 0 Å². The topological polar surface area (TPSA) is 300 Å². The van der Waals surface area contributed by atoms with Crippen molar-refractivity contribution in [2.24, 2.45) is 0 Å². The van der Waals surface area contributed by atoms with Crippen molar-refractivity contribution in [3.63, 3.8) is 0 Å². The summed E-state index contributed by atoms with van der Waals surface area (Å²) in [4.78, 5) is 169. The molecule has 10 amide bonds. The van der Waals surface area contributed by atoms with Crippen molar-refractivity contribution < 1.29 is 67.1 Å². The van der Waals surface area contributed by atoms with Crippen molar-refractivity contribution in [1.82, 2.24) is 41.1 Å². The molecule has 4 N–H and O–H groups in total. The van der Waals surface area contributed by atoms with Gasteiger partial charge in [-0.1, -0.05) is 0 Å². The highest BCUT2D eigenvalue weighted by Gasteiger charge is 2.25. The van der Waals surface area contributed by atoms with E-state index in [1.165, 1.54) is 14.1 Å². The Morgan fingerprint density at radius 3 is 0.967 bits per heavy atom. The van der Waals surface area contributed by atoms with E-state index in [0.717, 1.165) is 44.1 Å². The van der Waals surface area contributed by atoms with Crippen LogP contribution in [0.25, 0.3) is 0 Å². The Morgan fingerprint density at radius 1 is 0.400 bits per heavy atom. The lowest BCUT2D eigenvalue weighted by atomic mass is 10.1. The number of hydrogen-bond acceptors (Lipinski definition) is 14. The zero-order valence-corrected chi connectivity index (χ0v) is 33.5. The van der Waals surface area contributed by atoms with Gasteiger partial charge in [-0.25, -0.2) is 0 Å². The van der Waals surface area contributed by atoms with Crippen LogP contribution in [0, 0.1) is 0 Å². The smallest absolute Gasteiger partial charge is 0.253 e. The third-order valence-corrected chi connectivity index (χ3v) is 8.98. The summed E-state index contributed by atoms with van der Waals surface area (Å²) < 4.78 is 0. The minimum absolute atomic E-state index is 0.0482. The van der Waals surface area contributed by atoms with Crippen LogP contribution in [-0.4, -0.2) is 155 Å². The minimum atomic E-state index is -0.570. The van der Waals surface area contributed by atoms with Crippen LogP contribution in [0.4, 0.5) is 0 Å². The van der Waals surface area contributed by atoms with Gasteiger partial charge < -0.3 is 21.3 Å². The molecule has 0 aliphatic carbocycles. The van der Waals surface area contributed by atoms with Crippen LogP contribution >= 0.6 is 0 Å². The molecule has 0 radical (unpaired) electrons. The van der Waals surface area contributed by atoms with Crippen LogP contribution in [0.2, 0.25) is 0 Å². The Balaban J connectivity index is 1.49. The van der Waals surface area contributed by atoms with Gasteiger partial charge in [0, 0.05) is 116 Å². The highest BCUT2D eigenvalue weighted by atomic mass is 16.2. The molecule has 326 valence electrons. The maximum atomic E-state index is 12.6. The van der Waals surface area contributed by atoms with Crippen LogP contribution < -0.4 is 21.3 Å². The fourth-order valence-corrected chi connectivity index (χ4v) is 5.26. The van der Waals surface area contributed by atoms with Gasteiger partial charge in [0.05, 0.1) is 26.2 Å². The Morgan fingerprint density at radius 2 is 0.667 bits per heavy atom. The van der Waals surface area contributed by atoms with Gasteiger partial charge in [0.25, 0.3) is 23.6 Å².